The summed E-state index contributed by atoms with van der Waals surface area (Å²) in [7, 11) is -4.73. The maximum Gasteiger partial charge on any atom is 0.582 e. The highest BCUT2D eigenvalue weighted by Crippen LogP contribution is 2.42. The number of fused-ring (bicyclic) bond motifs is 2. The molecular formula is C24H30N10O10P2S2+2. The number of aliphatic hydroxyl groups excluding tert-OH is 4. The molecule has 0 saturated carbocycles. The first-order valence-electron chi connectivity index (χ1n) is 14.2. The van der Waals surface area contributed by atoms with Crippen molar-refractivity contribution in [1.29, 1.82) is 0 Å². The second-order valence-corrected chi connectivity index (χ2v) is 13.8. The Morgan fingerprint density at radius 1 is 0.750 bits per heavy atom. The molecule has 0 spiro atoms. The summed E-state index contributed by atoms with van der Waals surface area (Å²) >= 11 is 7.51. The molecule has 24 heteroatoms. The van der Waals surface area contributed by atoms with Crippen LogP contribution >= 0.6 is 39.0 Å². The van der Waals surface area contributed by atoms with Gasteiger partial charge < -0.3 is 40.5 Å². The molecule has 256 valence electrons. The van der Waals surface area contributed by atoms with Gasteiger partial charge in [-0.05, 0) is 9.13 Å². The molecule has 10 atom stereocenters. The van der Waals surface area contributed by atoms with Crippen molar-refractivity contribution in [1.82, 2.24) is 39.0 Å². The highest BCUT2D eigenvalue weighted by Gasteiger charge is 2.51. The monoisotopic (exact) mass is 744 g/mol. The lowest BCUT2D eigenvalue weighted by atomic mass is 10.1. The van der Waals surface area contributed by atoms with E-state index in [0.717, 1.165) is 0 Å². The van der Waals surface area contributed by atoms with Gasteiger partial charge in [0.1, 0.15) is 61.6 Å². The largest absolute Gasteiger partial charge is 0.582 e. The van der Waals surface area contributed by atoms with Crippen LogP contribution in [0.5, 0.6) is 0 Å². The van der Waals surface area contributed by atoms with Crippen LogP contribution in [0.1, 0.15) is 12.5 Å². The normalized spacial score (nSPS) is 28.1. The Kier molecular flexibility index (Phi) is 11.1. The summed E-state index contributed by atoms with van der Waals surface area (Å²) in [5.74, 6) is 0.840. The standard InChI is InChI=1S/C24H28N10O10P2S2/c35-5-11-15(37)18(44-46(40)48)24(41-11)34-10-32-14-20(28-8-30-22(14)34)26-4-2-1-3-25-19-13-21(29-7-27-19)33(9-31-13)23-16(38)17(43-45(39)47)12(6-36)42-23/h1-2,7-12,15-18,23-24,35-38H,3-6H2,(H2-2,25,26,27,28,29,30,39,40,47,48)/p+2/b2-1+/t11-,12?,15-,16-,17-,18-,23?,24?/m1/s1. The number of aliphatic hydroxyl groups is 4. The molecule has 4 aromatic rings. The van der Waals surface area contributed by atoms with Crippen LogP contribution in [0.15, 0.2) is 37.5 Å². The van der Waals surface area contributed by atoms with Crippen molar-refractivity contribution < 1.29 is 48.1 Å². The Balaban J connectivity index is 1.08. The Morgan fingerprint density at radius 3 is 1.77 bits per heavy atom. The molecule has 5 unspecified atom stereocenters. The second-order valence-electron chi connectivity index (χ2n) is 10.4. The zero-order chi connectivity index (χ0) is 33.9. The number of ether oxygens (including phenoxy) is 2. The first-order valence-corrected chi connectivity index (χ1v) is 18.9. The Hall–Kier alpha value is -2.98. The Labute approximate surface area is 283 Å². The first kappa shape index (κ1) is 34.9. The summed E-state index contributed by atoms with van der Waals surface area (Å²) in [6.07, 6.45) is 0.571. The van der Waals surface area contributed by atoms with E-state index in [0.29, 0.717) is 47.1 Å². The fraction of sp³-hybridized carbons (Fsp3) is 0.500. The number of hydrogen-bond acceptors (Lipinski definition) is 18. The van der Waals surface area contributed by atoms with E-state index in [1.807, 2.05) is 12.2 Å². The van der Waals surface area contributed by atoms with E-state index < -0.39 is 76.8 Å². The van der Waals surface area contributed by atoms with Crippen molar-refractivity contribution in [3.63, 3.8) is 0 Å². The van der Waals surface area contributed by atoms with Crippen LogP contribution < -0.4 is 10.6 Å². The first-order chi connectivity index (χ1) is 23.2. The topological polar surface area (TPSA) is 263 Å². The predicted molar refractivity (Wildman–Crippen MR) is 174 cm³/mol. The zero-order valence-electron chi connectivity index (χ0n) is 24.5. The quantitative estimate of drug-likeness (QED) is 0.0496. The molecule has 2 fully saturated rings. The van der Waals surface area contributed by atoms with Crippen LogP contribution in [0.25, 0.3) is 22.3 Å². The third-order valence-corrected chi connectivity index (χ3v) is 9.03. The lowest BCUT2D eigenvalue weighted by Gasteiger charge is -2.16. The molecule has 0 aromatic carbocycles. The van der Waals surface area contributed by atoms with E-state index in [4.69, 9.17) is 18.5 Å². The summed E-state index contributed by atoms with van der Waals surface area (Å²) in [6.45, 7) is -0.239. The van der Waals surface area contributed by atoms with Crippen molar-refractivity contribution in [3.05, 3.63) is 37.5 Å². The van der Waals surface area contributed by atoms with Gasteiger partial charge in [-0.1, -0.05) is 12.2 Å². The highest BCUT2D eigenvalue weighted by molar-refractivity contribution is 8.39. The number of nitrogens with zero attached hydrogens (tertiary/aromatic N) is 8. The molecule has 0 bridgehead atoms. The molecule has 6 heterocycles. The van der Waals surface area contributed by atoms with Crippen molar-refractivity contribution >= 4 is 72.9 Å². The van der Waals surface area contributed by atoms with Crippen molar-refractivity contribution in [3.8, 4) is 0 Å². The van der Waals surface area contributed by atoms with E-state index in [1.54, 1.807) is 0 Å². The highest BCUT2D eigenvalue weighted by atomic mass is 32.7. The maximum atomic E-state index is 11.7. The number of rotatable bonds is 14. The SMILES string of the molecule is O=[P+](S)O[C@@H]1C(CO)OC(n2cnc3c(NC/C=C/CNc4ncnc5c4ncn5C4O[C@H](CO)[C@@H](O)[C@H]4O[P+](=O)S)ncnc32)[C@@H]1O. The molecule has 0 radical (unpaired) electrons. The van der Waals surface area contributed by atoms with Crippen LogP contribution in [-0.4, -0.2) is 122 Å². The number of imidazole rings is 2. The van der Waals surface area contributed by atoms with E-state index in [9.17, 15) is 29.6 Å². The number of anilines is 2. The maximum absolute atomic E-state index is 11.7. The zero-order valence-corrected chi connectivity index (χ0v) is 28.1. The molecule has 0 aliphatic carbocycles. The lowest BCUT2D eigenvalue weighted by molar-refractivity contribution is -0.0502. The molecule has 2 aliphatic heterocycles. The number of aromatic nitrogens is 8. The number of nitrogens with one attached hydrogen (secondary N) is 2. The van der Waals surface area contributed by atoms with E-state index in [1.165, 1.54) is 34.4 Å². The summed E-state index contributed by atoms with van der Waals surface area (Å²) in [5, 5.41) is 46.8. The van der Waals surface area contributed by atoms with Gasteiger partial charge in [0.25, 0.3) is 0 Å². The van der Waals surface area contributed by atoms with Gasteiger partial charge in [0, 0.05) is 13.1 Å². The van der Waals surface area contributed by atoms with Crippen LogP contribution in [-0.2, 0) is 27.7 Å². The van der Waals surface area contributed by atoms with Crippen molar-refractivity contribution in [2.24, 2.45) is 0 Å². The fourth-order valence-corrected chi connectivity index (χ4v) is 7.01. The minimum atomic E-state index is -2.38. The molecule has 2 saturated heterocycles. The fourth-order valence-electron chi connectivity index (χ4n) is 5.45. The average Bonchev–Trinajstić information content (AvgIpc) is 3.83. The van der Waals surface area contributed by atoms with Gasteiger partial charge in [-0.2, -0.15) is 0 Å². The molecule has 0 amide bonds. The number of thiol groups is 2. The minimum Gasteiger partial charge on any atom is -0.394 e. The van der Waals surface area contributed by atoms with Crippen molar-refractivity contribution in [2.75, 3.05) is 36.9 Å². The van der Waals surface area contributed by atoms with Gasteiger partial charge in [0.15, 0.2) is 58.6 Å². The lowest BCUT2D eigenvalue weighted by Crippen LogP contribution is -2.34. The second kappa shape index (κ2) is 15.3. The number of hydrogen-bond donors (Lipinski definition) is 8. The van der Waals surface area contributed by atoms with Gasteiger partial charge in [-0.3, -0.25) is 9.13 Å². The summed E-state index contributed by atoms with van der Waals surface area (Å²) in [6, 6.07) is 0. The predicted octanol–water partition coefficient (Wildman–Crippen LogP) is 0.492. The molecule has 20 nitrogen and oxygen atoms in total. The van der Waals surface area contributed by atoms with Crippen LogP contribution in [0.2, 0.25) is 0 Å². The van der Waals surface area contributed by atoms with Gasteiger partial charge in [-0.25, -0.2) is 29.9 Å². The van der Waals surface area contributed by atoms with Crippen LogP contribution in [0.4, 0.5) is 11.6 Å². The van der Waals surface area contributed by atoms with E-state index >= 15 is 0 Å². The summed E-state index contributed by atoms with van der Waals surface area (Å²) in [4.78, 5) is 25.8. The van der Waals surface area contributed by atoms with Crippen LogP contribution in [0, 0.1) is 0 Å². The van der Waals surface area contributed by atoms with Gasteiger partial charge >= 0.3 is 14.5 Å². The molecule has 48 heavy (non-hydrogen) atoms. The third-order valence-electron chi connectivity index (χ3n) is 7.61. The van der Waals surface area contributed by atoms with Gasteiger partial charge in [0.2, 0.25) is 0 Å². The van der Waals surface area contributed by atoms with Crippen molar-refractivity contribution in [2.45, 2.75) is 49.1 Å². The average molecular weight is 745 g/mol. The Morgan fingerprint density at radius 2 is 1.25 bits per heavy atom. The van der Waals surface area contributed by atoms with E-state index in [-0.39, 0.29) is 0 Å². The Bertz CT molecular complexity index is 1820. The third kappa shape index (κ3) is 7.02. The summed E-state index contributed by atoms with van der Waals surface area (Å²) in [5.41, 5.74) is 1.51. The smallest absolute Gasteiger partial charge is 0.394 e. The molecule has 6 N–H and O–H groups in total. The molecule has 4 aromatic heterocycles. The minimum absolute atomic E-state index is 0.351. The van der Waals surface area contributed by atoms with Crippen LogP contribution in [0.3, 0.4) is 0 Å². The van der Waals surface area contributed by atoms with E-state index in [2.05, 4.69) is 65.0 Å². The van der Waals surface area contributed by atoms with Gasteiger partial charge in [0.05, 0.1) is 25.9 Å². The molecule has 2 aliphatic rings. The van der Waals surface area contributed by atoms with Gasteiger partial charge in [-0.15, -0.1) is 9.05 Å². The summed E-state index contributed by atoms with van der Waals surface area (Å²) < 4.78 is 48.1. The molecular weight excluding hydrogens is 714 g/mol. The molecule has 6 rings (SSSR count).